The molecule has 334 valence electrons. The molecule has 4 saturated carbocycles. The molecule has 6 aliphatic rings. The molecule has 0 radical (unpaired) electrons. The maximum absolute atomic E-state index is 2.52. The van der Waals surface area contributed by atoms with E-state index in [1.807, 2.05) is 0 Å². The van der Waals surface area contributed by atoms with E-state index in [1.165, 1.54) is 133 Å². The second kappa shape index (κ2) is 15.4. The van der Waals surface area contributed by atoms with Crippen molar-refractivity contribution in [2.45, 2.75) is 49.4 Å². The number of fused-ring (bicyclic) bond motifs is 11. The molecular formula is C69H53N. The second-order valence-electron chi connectivity index (χ2n) is 21.4. The van der Waals surface area contributed by atoms with E-state index in [0.717, 1.165) is 29.1 Å². The Hall–Kier alpha value is -7.74. The lowest BCUT2D eigenvalue weighted by Crippen LogP contribution is -2.48. The van der Waals surface area contributed by atoms with Gasteiger partial charge in [0.1, 0.15) is 0 Å². The van der Waals surface area contributed by atoms with Crippen molar-refractivity contribution in [1.29, 1.82) is 0 Å². The van der Waals surface area contributed by atoms with E-state index in [-0.39, 0.29) is 0 Å². The summed E-state index contributed by atoms with van der Waals surface area (Å²) in [5, 5.41) is 2.52. The van der Waals surface area contributed by atoms with Crippen LogP contribution in [0.4, 0.5) is 17.1 Å². The van der Waals surface area contributed by atoms with E-state index in [9.17, 15) is 0 Å². The van der Waals surface area contributed by atoms with Crippen LogP contribution in [0.3, 0.4) is 0 Å². The zero-order valence-corrected chi connectivity index (χ0v) is 39.4. The molecule has 10 aromatic rings. The fourth-order valence-corrected chi connectivity index (χ4v) is 15.3. The average molecular weight is 896 g/mol. The molecule has 1 spiro atoms. The molecule has 0 saturated heterocycles. The molecule has 6 aliphatic carbocycles. The summed E-state index contributed by atoms with van der Waals surface area (Å²) in [7, 11) is 0. The van der Waals surface area contributed by atoms with Gasteiger partial charge < -0.3 is 4.90 Å². The summed E-state index contributed by atoms with van der Waals surface area (Å²) in [5.41, 5.74) is 23.1. The molecule has 0 atom stereocenters. The molecule has 0 N–H and O–H groups in total. The van der Waals surface area contributed by atoms with Gasteiger partial charge >= 0.3 is 0 Å². The predicted octanol–water partition coefficient (Wildman–Crippen LogP) is 18.1. The van der Waals surface area contributed by atoms with Gasteiger partial charge in [-0.15, -0.1) is 0 Å². The Kier molecular flexibility index (Phi) is 8.83. The molecule has 0 aromatic heterocycles. The van der Waals surface area contributed by atoms with Crippen LogP contribution < -0.4 is 4.90 Å². The Morgan fingerprint density at radius 1 is 0.329 bits per heavy atom. The zero-order chi connectivity index (χ0) is 46.0. The molecule has 4 fully saturated rings. The first-order valence-corrected chi connectivity index (χ1v) is 25.7. The van der Waals surface area contributed by atoms with E-state index in [2.05, 4.69) is 235 Å². The van der Waals surface area contributed by atoms with Crippen molar-refractivity contribution in [3.05, 3.63) is 258 Å². The molecule has 0 amide bonds. The first kappa shape index (κ1) is 40.2. The minimum atomic E-state index is -0.429. The van der Waals surface area contributed by atoms with Crippen LogP contribution in [0, 0.1) is 17.8 Å². The summed E-state index contributed by atoms with van der Waals surface area (Å²) < 4.78 is 0. The average Bonchev–Trinajstić information content (AvgIpc) is 3.89. The first-order chi connectivity index (χ1) is 34.6. The minimum absolute atomic E-state index is 0.404. The Morgan fingerprint density at radius 2 is 0.757 bits per heavy atom. The summed E-state index contributed by atoms with van der Waals surface area (Å²) >= 11 is 0. The van der Waals surface area contributed by atoms with Crippen LogP contribution in [-0.4, -0.2) is 0 Å². The Labute approximate surface area is 411 Å². The number of anilines is 3. The predicted molar refractivity (Wildman–Crippen MR) is 291 cm³/mol. The maximum atomic E-state index is 2.52. The molecular weight excluding hydrogens is 843 g/mol. The molecule has 10 aromatic carbocycles. The van der Waals surface area contributed by atoms with Gasteiger partial charge in [-0.1, -0.05) is 200 Å². The first-order valence-electron chi connectivity index (χ1n) is 25.7. The summed E-state index contributed by atoms with van der Waals surface area (Å²) in [6.45, 7) is 0. The number of rotatable bonds is 7. The molecule has 1 heteroatoms. The van der Waals surface area contributed by atoms with Crippen molar-refractivity contribution in [2.75, 3.05) is 4.90 Å². The number of nitrogens with zero attached hydrogens (tertiary/aromatic N) is 1. The Balaban J connectivity index is 0.879. The lowest BCUT2D eigenvalue weighted by atomic mass is 9.48. The fraction of sp³-hybridized carbons (Fsp3) is 0.159. The third-order valence-electron chi connectivity index (χ3n) is 17.7. The zero-order valence-electron chi connectivity index (χ0n) is 39.4. The third kappa shape index (κ3) is 5.85. The highest BCUT2D eigenvalue weighted by atomic mass is 15.1. The highest BCUT2D eigenvalue weighted by Crippen LogP contribution is 2.65. The lowest BCUT2D eigenvalue weighted by Gasteiger charge is -2.57. The molecule has 4 bridgehead atoms. The van der Waals surface area contributed by atoms with Gasteiger partial charge in [0.15, 0.2) is 0 Å². The normalized spacial score (nSPS) is 20.5. The Bertz CT molecular complexity index is 3590. The quantitative estimate of drug-likeness (QED) is 0.154. The fourth-order valence-electron chi connectivity index (χ4n) is 15.3. The maximum Gasteiger partial charge on any atom is 0.0726 e. The van der Waals surface area contributed by atoms with Crippen LogP contribution in [0.15, 0.2) is 231 Å². The van der Waals surface area contributed by atoms with Gasteiger partial charge in [0.2, 0.25) is 0 Å². The van der Waals surface area contributed by atoms with Crippen LogP contribution >= 0.6 is 0 Å². The van der Waals surface area contributed by atoms with Gasteiger partial charge in [-0.25, -0.2) is 0 Å². The standard InChI is InChI=1S/C69H53N/c1-2-13-50(14-3-1)56-20-10-15-52-16-11-21-57(66(52)56)51-31-37-55(38-32-51)70(54-35-29-49(30-36-54)48-27-33-53(34-28-48)68-42-45-39-46(43-68)41-47(40-45)44-68)65-26-12-25-64-67(65)60-19-6-9-24-63(60)69(64)61-22-7-4-17-58(61)59-18-5-8-23-62(59)69/h1-38,45-47H,39-44H2. The van der Waals surface area contributed by atoms with Gasteiger partial charge in [-0.2, -0.15) is 0 Å². The van der Waals surface area contributed by atoms with Crippen LogP contribution in [-0.2, 0) is 10.8 Å². The van der Waals surface area contributed by atoms with E-state index < -0.39 is 5.41 Å². The van der Waals surface area contributed by atoms with Crippen molar-refractivity contribution in [3.63, 3.8) is 0 Å². The van der Waals surface area contributed by atoms with Crippen LogP contribution in [0.1, 0.15) is 66.3 Å². The number of hydrogen-bond donors (Lipinski definition) is 0. The van der Waals surface area contributed by atoms with Crippen molar-refractivity contribution >= 4 is 27.8 Å². The number of benzene rings is 10. The van der Waals surface area contributed by atoms with E-state index >= 15 is 0 Å². The van der Waals surface area contributed by atoms with E-state index in [0.29, 0.717) is 5.41 Å². The lowest BCUT2D eigenvalue weighted by molar-refractivity contribution is -0.00518. The molecule has 1 nitrogen and oxygen atoms in total. The van der Waals surface area contributed by atoms with Gasteiger partial charge in [-0.05, 0) is 181 Å². The molecule has 0 aliphatic heterocycles. The van der Waals surface area contributed by atoms with Gasteiger partial charge in [0.25, 0.3) is 0 Å². The number of hydrogen-bond acceptors (Lipinski definition) is 1. The smallest absolute Gasteiger partial charge is 0.0726 e. The summed E-state index contributed by atoms with van der Waals surface area (Å²) in [6, 6.07) is 87.2. The van der Waals surface area contributed by atoms with Crippen molar-refractivity contribution in [1.82, 2.24) is 0 Å². The summed E-state index contributed by atoms with van der Waals surface area (Å²) in [5.74, 6) is 2.83. The molecule has 0 unspecified atom stereocenters. The molecule has 70 heavy (non-hydrogen) atoms. The van der Waals surface area contributed by atoms with Crippen LogP contribution in [0.25, 0.3) is 66.4 Å². The van der Waals surface area contributed by atoms with Crippen molar-refractivity contribution in [3.8, 4) is 55.6 Å². The van der Waals surface area contributed by atoms with Gasteiger partial charge in [-0.3, -0.25) is 0 Å². The van der Waals surface area contributed by atoms with Gasteiger partial charge in [0.05, 0.1) is 11.1 Å². The van der Waals surface area contributed by atoms with Crippen LogP contribution in [0.2, 0.25) is 0 Å². The highest BCUT2D eigenvalue weighted by Gasteiger charge is 2.53. The largest absolute Gasteiger partial charge is 0.310 e. The van der Waals surface area contributed by atoms with Crippen LogP contribution in [0.5, 0.6) is 0 Å². The topological polar surface area (TPSA) is 3.24 Å². The van der Waals surface area contributed by atoms with Gasteiger partial charge in [0, 0.05) is 16.9 Å². The molecule has 0 heterocycles. The van der Waals surface area contributed by atoms with E-state index in [1.54, 1.807) is 5.56 Å². The summed E-state index contributed by atoms with van der Waals surface area (Å²) in [6.07, 6.45) is 8.63. The highest BCUT2D eigenvalue weighted by molar-refractivity contribution is 6.07. The third-order valence-corrected chi connectivity index (χ3v) is 17.7. The van der Waals surface area contributed by atoms with Crippen molar-refractivity contribution in [2.24, 2.45) is 17.8 Å². The Morgan fingerprint density at radius 3 is 1.33 bits per heavy atom. The molecule has 16 rings (SSSR count). The minimum Gasteiger partial charge on any atom is -0.310 e. The van der Waals surface area contributed by atoms with E-state index in [4.69, 9.17) is 0 Å². The van der Waals surface area contributed by atoms with Crippen molar-refractivity contribution < 1.29 is 0 Å². The summed E-state index contributed by atoms with van der Waals surface area (Å²) in [4.78, 5) is 2.52. The monoisotopic (exact) mass is 895 g/mol. The SMILES string of the molecule is c1ccc(-c2cccc3cccc(-c4ccc(N(c5ccc(-c6ccc(C78CC9CC(CC(C9)C7)C8)cc6)cc5)c5cccc6c5-c5ccccc5C65c6ccccc6-c6ccccc65)cc4)c23)cc1. The second-order valence-corrected chi connectivity index (χ2v) is 21.4.